The van der Waals surface area contributed by atoms with Crippen molar-refractivity contribution >= 4 is 17.2 Å². The number of hydrogen-bond donors (Lipinski definition) is 1. The van der Waals surface area contributed by atoms with Crippen LogP contribution in [0.2, 0.25) is 0 Å². The van der Waals surface area contributed by atoms with Gasteiger partial charge in [0.1, 0.15) is 16.4 Å². The van der Waals surface area contributed by atoms with Gasteiger partial charge in [-0.05, 0) is 30.4 Å². The van der Waals surface area contributed by atoms with E-state index in [-0.39, 0.29) is 11.3 Å². The molecule has 1 N–H and O–H groups in total. The summed E-state index contributed by atoms with van der Waals surface area (Å²) in [5.74, 6) is 1.46. The van der Waals surface area contributed by atoms with Gasteiger partial charge in [0.25, 0.3) is 5.91 Å². The molecule has 0 radical (unpaired) electrons. The molecule has 2 aromatic rings. The number of carbonyl (C=O) groups excluding carboxylic acids is 1. The summed E-state index contributed by atoms with van der Waals surface area (Å²) < 4.78 is 10.7. The monoisotopic (exact) mass is 331 g/mol. The second-order valence-corrected chi connectivity index (χ2v) is 6.75. The van der Waals surface area contributed by atoms with Gasteiger partial charge in [-0.25, -0.2) is 0 Å². The summed E-state index contributed by atoms with van der Waals surface area (Å²) in [4.78, 5) is 13.1. The third-order valence-corrected chi connectivity index (χ3v) is 5.53. The van der Waals surface area contributed by atoms with Gasteiger partial charge in [0.05, 0.1) is 14.2 Å². The van der Waals surface area contributed by atoms with Gasteiger partial charge < -0.3 is 14.8 Å². The average molecular weight is 331 g/mol. The number of hydrogen-bond acceptors (Lipinski definition) is 4. The van der Waals surface area contributed by atoms with E-state index in [1.54, 1.807) is 14.2 Å². The molecule has 1 fully saturated rings. The van der Waals surface area contributed by atoms with Gasteiger partial charge in [-0.2, -0.15) is 0 Å². The first-order chi connectivity index (χ1) is 11.2. The first kappa shape index (κ1) is 15.9. The Hall–Kier alpha value is -2.01. The Morgan fingerprint density at radius 3 is 2.57 bits per heavy atom. The van der Waals surface area contributed by atoms with E-state index >= 15 is 0 Å². The van der Waals surface area contributed by atoms with Crippen molar-refractivity contribution in [2.45, 2.75) is 24.7 Å². The van der Waals surface area contributed by atoms with Crippen molar-refractivity contribution in [3.63, 3.8) is 0 Å². The average Bonchev–Trinajstić information content (AvgIpc) is 3.02. The molecule has 1 aromatic heterocycles. The maximum Gasteiger partial charge on any atom is 0.265 e. The van der Waals surface area contributed by atoms with E-state index in [1.165, 1.54) is 23.3 Å². The van der Waals surface area contributed by atoms with E-state index in [9.17, 15) is 4.79 Å². The Morgan fingerprint density at radius 2 is 1.91 bits per heavy atom. The molecule has 1 aliphatic rings. The quantitative estimate of drug-likeness (QED) is 0.879. The van der Waals surface area contributed by atoms with Gasteiger partial charge in [-0.15, -0.1) is 11.3 Å². The van der Waals surface area contributed by atoms with Crippen LogP contribution in [0.25, 0.3) is 0 Å². The summed E-state index contributed by atoms with van der Waals surface area (Å²) in [7, 11) is 3.28. The van der Waals surface area contributed by atoms with Crippen molar-refractivity contribution in [3.05, 3.63) is 46.2 Å². The lowest BCUT2D eigenvalue weighted by molar-refractivity contribution is 0.0928. The predicted octanol–water partition coefficient (Wildman–Crippen LogP) is 3.62. The largest absolute Gasteiger partial charge is 0.496 e. The minimum absolute atomic E-state index is 0.0211. The number of rotatable bonds is 6. The Balaban J connectivity index is 1.76. The van der Waals surface area contributed by atoms with Gasteiger partial charge in [-0.1, -0.05) is 24.6 Å². The Kier molecular flexibility index (Phi) is 4.57. The fourth-order valence-corrected chi connectivity index (χ4v) is 3.96. The lowest BCUT2D eigenvalue weighted by Crippen LogP contribution is -2.45. The van der Waals surface area contributed by atoms with E-state index in [2.05, 4.69) is 11.4 Å². The Labute approximate surface area is 140 Å². The fraction of sp³-hybridized carbons (Fsp3) is 0.389. The van der Waals surface area contributed by atoms with Crippen LogP contribution in [0.15, 0.2) is 35.7 Å². The highest BCUT2D eigenvalue weighted by atomic mass is 32.1. The first-order valence-corrected chi connectivity index (χ1v) is 8.61. The number of methoxy groups -OCH3 is 2. The molecule has 1 aromatic carbocycles. The number of para-hydroxylation sites is 1. The van der Waals surface area contributed by atoms with Crippen LogP contribution < -0.4 is 14.8 Å². The predicted molar refractivity (Wildman–Crippen MR) is 91.7 cm³/mol. The molecule has 1 saturated carbocycles. The van der Waals surface area contributed by atoms with Crippen molar-refractivity contribution in [1.82, 2.24) is 5.32 Å². The molecule has 0 spiro atoms. The lowest BCUT2D eigenvalue weighted by atomic mass is 9.64. The van der Waals surface area contributed by atoms with Crippen molar-refractivity contribution in [2.24, 2.45) is 0 Å². The van der Waals surface area contributed by atoms with Crippen LogP contribution in [0, 0.1) is 0 Å². The van der Waals surface area contributed by atoms with Gasteiger partial charge in [0.15, 0.2) is 0 Å². The first-order valence-electron chi connectivity index (χ1n) is 7.73. The highest BCUT2D eigenvalue weighted by molar-refractivity contribution is 7.12. The SMILES string of the molecule is COc1ccccc1C1(CNC(=O)c2sccc2OC)CCC1. The summed E-state index contributed by atoms with van der Waals surface area (Å²) in [5.41, 5.74) is 1.17. The molecule has 1 heterocycles. The number of benzene rings is 1. The van der Waals surface area contributed by atoms with Crippen molar-refractivity contribution < 1.29 is 14.3 Å². The normalized spacial score (nSPS) is 15.6. The molecule has 0 atom stereocenters. The van der Waals surface area contributed by atoms with Gasteiger partial charge in [0.2, 0.25) is 0 Å². The zero-order valence-corrected chi connectivity index (χ0v) is 14.2. The smallest absolute Gasteiger partial charge is 0.265 e. The van der Waals surface area contributed by atoms with Crippen LogP contribution in [0.3, 0.4) is 0 Å². The number of nitrogens with one attached hydrogen (secondary N) is 1. The summed E-state index contributed by atoms with van der Waals surface area (Å²) in [6.45, 7) is 0.618. The molecule has 4 nitrogen and oxygen atoms in total. The number of ether oxygens (including phenoxy) is 2. The van der Waals surface area contributed by atoms with Crippen LogP contribution in [-0.4, -0.2) is 26.7 Å². The van der Waals surface area contributed by atoms with Gasteiger partial charge in [-0.3, -0.25) is 4.79 Å². The molecule has 3 rings (SSSR count). The highest BCUT2D eigenvalue weighted by Crippen LogP contribution is 2.46. The zero-order valence-electron chi connectivity index (χ0n) is 13.4. The molecule has 1 aliphatic carbocycles. The summed E-state index contributed by atoms with van der Waals surface area (Å²) in [6, 6.07) is 9.92. The Morgan fingerprint density at radius 1 is 1.17 bits per heavy atom. The molecular weight excluding hydrogens is 310 g/mol. The molecule has 5 heteroatoms. The second-order valence-electron chi connectivity index (χ2n) is 5.83. The van der Waals surface area contributed by atoms with Crippen molar-refractivity contribution in [2.75, 3.05) is 20.8 Å². The number of thiophene rings is 1. The number of amides is 1. The minimum atomic E-state index is -0.0713. The third kappa shape index (κ3) is 2.93. The topological polar surface area (TPSA) is 47.6 Å². The molecular formula is C18H21NO3S. The van der Waals surface area contributed by atoms with Crippen LogP contribution in [0.4, 0.5) is 0 Å². The molecule has 0 bridgehead atoms. The van der Waals surface area contributed by atoms with E-state index in [0.717, 1.165) is 18.6 Å². The standard InChI is InChI=1S/C18H21NO3S/c1-21-14-7-4-3-6-13(14)18(9-5-10-18)12-19-17(20)16-15(22-2)8-11-23-16/h3-4,6-8,11H,5,9-10,12H2,1-2H3,(H,19,20). The highest BCUT2D eigenvalue weighted by Gasteiger charge is 2.41. The van der Waals surface area contributed by atoms with E-state index in [4.69, 9.17) is 9.47 Å². The molecule has 122 valence electrons. The molecule has 0 saturated heterocycles. The summed E-state index contributed by atoms with van der Waals surface area (Å²) in [5, 5.41) is 4.96. The minimum Gasteiger partial charge on any atom is -0.496 e. The van der Waals surface area contributed by atoms with E-state index < -0.39 is 0 Å². The number of carbonyl (C=O) groups is 1. The van der Waals surface area contributed by atoms with Crippen LogP contribution in [-0.2, 0) is 5.41 Å². The van der Waals surface area contributed by atoms with Crippen LogP contribution >= 0.6 is 11.3 Å². The maximum atomic E-state index is 12.4. The maximum absolute atomic E-state index is 12.4. The molecule has 23 heavy (non-hydrogen) atoms. The molecule has 1 amide bonds. The third-order valence-electron chi connectivity index (χ3n) is 4.63. The zero-order chi connectivity index (χ0) is 16.3. The fourth-order valence-electron chi connectivity index (χ4n) is 3.18. The second kappa shape index (κ2) is 6.62. The summed E-state index contributed by atoms with van der Waals surface area (Å²) in [6.07, 6.45) is 3.31. The van der Waals surface area contributed by atoms with Crippen molar-refractivity contribution in [3.8, 4) is 11.5 Å². The molecule has 0 unspecified atom stereocenters. The van der Waals surface area contributed by atoms with E-state index in [0.29, 0.717) is 17.2 Å². The van der Waals surface area contributed by atoms with Gasteiger partial charge >= 0.3 is 0 Å². The van der Waals surface area contributed by atoms with Crippen molar-refractivity contribution in [1.29, 1.82) is 0 Å². The Bertz CT molecular complexity index is 691. The molecule has 0 aliphatic heterocycles. The van der Waals surface area contributed by atoms with E-state index in [1.807, 2.05) is 29.6 Å². The lowest BCUT2D eigenvalue weighted by Gasteiger charge is -2.43. The summed E-state index contributed by atoms with van der Waals surface area (Å²) >= 11 is 1.40. The van der Waals surface area contributed by atoms with Gasteiger partial charge in [0, 0.05) is 17.5 Å². The van der Waals surface area contributed by atoms with Crippen LogP contribution in [0.5, 0.6) is 11.5 Å². The van der Waals surface area contributed by atoms with Crippen LogP contribution in [0.1, 0.15) is 34.5 Å².